The second-order valence-corrected chi connectivity index (χ2v) is 11.9. The van der Waals surface area contributed by atoms with Crippen LogP contribution in [0.25, 0.3) is 5.57 Å². The van der Waals surface area contributed by atoms with Crippen molar-refractivity contribution >= 4 is 5.57 Å². The van der Waals surface area contributed by atoms with Crippen molar-refractivity contribution in [2.75, 3.05) is 39.8 Å². The summed E-state index contributed by atoms with van der Waals surface area (Å²) in [7, 11) is 1.50. The number of halogens is 3. The summed E-state index contributed by atoms with van der Waals surface area (Å²) in [5.74, 6) is 7.53. The number of piperidine rings is 2. The van der Waals surface area contributed by atoms with Crippen LogP contribution >= 0.6 is 0 Å². The smallest absolute Gasteiger partial charge is 0.374 e. The van der Waals surface area contributed by atoms with Gasteiger partial charge in [-0.3, -0.25) is 0 Å². The lowest BCUT2D eigenvalue weighted by atomic mass is 9.89. The molecule has 2 aliphatic heterocycles. The molecule has 0 aromatic heterocycles. The van der Waals surface area contributed by atoms with Crippen LogP contribution in [0.3, 0.4) is 0 Å². The van der Waals surface area contributed by atoms with Crippen LogP contribution < -0.4 is 5.73 Å². The van der Waals surface area contributed by atoms with Gasteiger partial charge in [0.1, 0.15) is 0 Å². The highest BCUT2D eigenvalue weighted by atomic mass is 19.4. The number of hydrogen-bond acceptors (Lipinski definition) is 3. The molecule has 41 heavy (non-hydrogen) atoms. The predicted molar refractivity (Wildman–Crippen MR) is 168 cm³/mol. The van der Waals surface area contributed by atoms with Gasteiger partial charge in [-0.05, 0) is 90.1 Å². The molecular weight excluding hydrogens is 519 g/mol. The first kappa shape index (κ1) is 34.7. The van der Waals surface area contributed by atoms with Gasteiger partial charge < -0.3 is 15.5 Å². The number of alkyl halides is 3. The third-order valence-corrected chi connectivity index (χ3v) is 8.33. The molecule has 6 heteroatoms. The molecule has 2 heterocycles. The zero-order valence-electron chi connectivity index (χ0n) is 26.0. The van der Waals surface area contributed by atoms with Gasteiger partial charge in [0.2, 0.25) is 0 Å². The summed E-state index contributed by atoms with van der Waals surface area (Å²) < 4.78 is 38.1. The average molecular weight is 572 g/mol. The number of likely N-dealkylation sites (tertiary alicyclic amines) is 2. The van der Waals surface area contributed by atoms with Gasteiger partial charge in [-0.25, -0.2) is 0 Å². The highest BCUT2D eigenvalue weighted by Crippen LogP contribution is 2.38. The van der Waals surface area contributed by atoms with Crippen molar-refractivity contribution in [2.45, 2.75) is 78.8 Å². The van der Waals surface area contributed by atoms with Gasteiger partial charge in [-0.15, -0.1) is 0 Å². The third kappa shape index (κ3) is 11.0. The second-order valence-electron chi connectivity index (χ2n) is 11.9. The van der Waals surface area contributed by atoms with Gasteiger partial charge in [0.15, 0.2) is 0 Å². The molecule has 2 fully saturated rings. The van der Waals surface area contributed by atoms with Crippen molar-refractivity contribution in [1.82, 2.24) is 9.80 Å². The Bertz CT molecular complexity index is 1040. The zero-order valence-corrected chi connectivity index (χ0v) is 26.0. The van der Waals surface area contributed by atoms with Crippen LogP contribution in [-0.4, -0.2) is 55.7 Å². The minimum atomic E-state index is -4.10. The van der Waals surface area contributed by atoms with Gasteiger partial charge in [0.25, 0.3) is 0 Å². The van der Waals surface area contributed by atoms with Gasteiger partial charge >= 0.3 is 6.18 Å². The van der Waals surface area contributed by atoms with E-state index in [2.05, 4.69) is 85.4 Å². The van der Waals surface area contributed by atoms with Gasteiger partial charge in [-0.2, -0.15) is 13.2 Å². The maximum absolute atomic E-state index is 12.7. The van der Waals surface area contributed by atoms with E-state index in [1.165, 1.54) is 62.6 Å². The third-order valence-electron chi connectivity index (χ3n) is 8.33. The molecule has 1 aromatic rings. The maximum atomic E-state index is 12.7. The molecule has 0 spiro atoms. The molecular formula is C35H52F3N3. The lowest BCUT2D eigenvalue weighted by molar-refractivity contribution is -0.217. The monoisotopic (exact) mass is 571 g/mol. The number of benzene rings is 1. The quantitative estimate of drug-likeness (QED) is 0.349. The van der Waals surface area contributed by atoms with Crippen LogP contribution in [0.4, 0.5) is 13.2 Å². The summed E-state index contributed by atoms with van der Waals surface area (Å²) in [4.78, 5) is 4.38. The van der Waals surface area contributed by atoms with E-state index in [4.69, 9.17) is 0 Å². The highest BCUT2D eigenvalue weighted by Gasteiger charge is 2.48. The molecule has 0 amide bonds. The molecule has 1 aromatic carbocycles. The lowest BCUT2D eigenvalue weighted by Crippen LogP contribution is -2.46. The fraction of sp³-hybridized carbons (Fsp3) is 0.600. The normalized spacial score (nSPS) is 22.2. The molecule has 0 saturated carbocycles. The van der Waals surface area contributed by atoms with Crippen LogP contribution in [-0.2, 0) is 0 Å². The Balaban J connectivity index is 0.000000288. The molecule has 0 radical (unpaired) electrons. The standard InChI is InChI=1S/C22H25N.C12H22F3N.CH5N/c1-18-10-12-22(13-11-18)21-9-5-4-8-20(14-15-21)19(2)23-16-6-3-7-17-23;1-4-10-5-7-16(8-6-10)9-11(2,3)12(13,14)15;1-2/h9-15,20H,2-3,5-7,16-17H2,1H3;10H,4-9H2,1-3H3;2H2,1H3/b15-14-,21-9+;;. The number of aryl methyl sites for hydroxylation is 1. The van der Waals surface area contributed by atoms with Gasteiger partial charge in [0.05, 0.1) is 11.3 Å². The molecule has 1 unspecified atom stereocenters. The van der Waals surface area contributed by atoms with Crippen LogP contribution in [0.2, 0.25) is 0 Å². The summed E-state index contributed by atoms with van der Waals surface area (Å²) in [5, 5.41) is 0. The molecule has 3 aliphatic rings. The Morgan fingerprint density at radius 1 is 1.00 bits per heavy atom. The summed E-state index contributed by atoms with van der Waals surface area (Å²) in [6.07, 6.45) is 10.5. The zero-order chi connectivity index (χ0) is 30.5. The largest absolute Gasteiger partial charge is 0.395 e. The SMILES string of the molecule is C=C(C1C#CC/C=C(c2ccc(C)cc2)\C=C/1)N1CCCCC1.CCC1CCN(CC(C)(C)C(F)(F)F)CC1.CN. The van der Waals surface area contributed by atoms with E-state index in [1.54, 1.807) is 0 Å². The Morgan fingerprint density at radius 3 is 2.17 bits per heavy atom. The number of nitrogens with zero attached hydrogens (tertiary/aromatic N) is 2. The first-order valence-corrected chi connectivity index (χ1v) is 15.2. The molecule has 228 valence electrons. The van der Waals surface area contributed by atoms with E-state index in [0.29, 0.717) is 5.92 Å². The van der Waals surface area contributed by atoms with Gasteiger partial charge in [0, 0.05) is 31.8 Å². The van der Waals surface area contributed by atoms with Crippen molar-refractivity contribution in [3.05, 3.63) is 65.9 Å². The number of hydrogen-bond donors (Lipinski definition) is 1. The summed E-state index contributed by atoms with van der Waals surface area (Å²) in [6, 6.07) is 8.71. The fourth-order valence-electron chi connectivity index (χ4n) is 5.38. The van der Waals surface area contributed by atoms with Crippen molar-refractivity contribution in [2.24, 2.45) is 23.0 Å². The average Bonchev–Trinajstić information content (AvgIpc) is 2.95. The Hall–Kier alpha value is -2.49. The number of allylic oxidation sites excluding steroid dienone is 4. The first-order chi connectivity index (χ1) is 19.5. The lowest BCUT2D eigenvalue weighted by Gasteiger charge is -2.38. The van der Waals surface area contributed by atoms with Crippen LogP contribution in [0.1, 0.15) is 76.8 Å². The van der Waals surface area contributed by atoms with E-state index in [1.807, 2.05) is 4.90 Å². The molecule has 2 N–H and O–H groups in total. The topological polar surface area (TPSA) is 32.5 Å². The minimum Gasteiger partial charge on any atom is -0.374 e. The number of rotatable bonds is 6. The van der Waals surface area contributed by atoms with E-state index in [9.17, 15) is 13.2 Å². The first-order valence-electron chi connectivity index (χ1n) is 15.2. The molecule has 4 rings (SSSR count). The summed E-state index contributed by atoms with van der Waals surface area (Å²) >= 11 is 0. The summed E-state index contributed by atoms with van der Waals surface area (Å²) in [6.45, 7) is 15.2. The van der Waals surface area contributed by atoms with Crippen molar-refractivity contribution in [1.29, 1.82) is 0 Å². The molecule has 1 atom stereocenters. The van der Waals surface area contributed by atoms with E-state index in [-0.39, 0.29) is 12.5 Å². The summed E-state index contributed by atoms with van der Waals surface area (Å²) in [5.41, 5.74) is 7.89. The Morgan fingerprint density at radius 2 is 1.61 bits per heavy atom. The molecule has 1 aliphatic carbocycles. The molecule has 3 nitrogen and oxygen atoms in total. The van der Waals surface area contributed by atoms with Crippen LogP contribution in [0.15, 0.2) is 54.8 Å². The molecule has 2 saturated heterocycles. The van der Waals surface area contributed by atoms with Crippen molar-refractivity contribution < 1.29 is 13.2 Å². The van der Waals surface area contributed by atoms with E-state index >= 15 is 0 Å². The Labute approximate surface area is 247 Å². The van der Waals surface area contributed by atoms with Crippen LogP contribution in [0, 0.1) is 36.0 Å². The second kappa shape index (κ2) is 16.8. The van der Waals surface area contributed by atoms with Gasteiger partial charge in [-0.1, -0.05) is 79.8 Å². The predicted octanol–water partition coefficient (Wildman–Crippen LogP) is 8.23. The van der Waals surface area contributed by atoms with E-state index in [0.717, 1.165) is 51.9 Å². The molecule has 0 bridgehead atoms. The van der Waals surface area contributed by atoms with Crippen molar-refractivity contribution in [3.8, 4) is 11.8 Å². The minimum absolute atomic E-state index is 0.132. The Kier molecular flexibility index (Phi) is 14.2. The number of nitrogens with two attached hydrogens (primary N) is 1. The van der Waals surface area contributed by atoms with E-state index < -0.39 is 11.6 Å². The maximum Gasteiger partial charge on any atom is 0.395 e. The van der Waals surface area contributed by atoms with Crippen molar-refractivity contribution in [3.63, 3.8) is 0 Å². The fourth-order valence-corrected chi connectivity index (χ4v) is 5.38. The highest BCUT2D eigenvalue weighted by molar-refractivity contribution is 5.74. The van der Waals surface area contributed by atoms with Crippen LogP contribution in [0.5, 0.6) is 0 Å².